The van der Waals surface area contributed by atoms with Crippen molar-refractivity contribution in [3.05, 3.63) is 42.6 Å². The topological polar surface area (TPSA) is 12.9 Å². The second kappa shape index (κ2) is 4.04. The molecule has 83 valence electrons. The first-order valence-electron chi connectivity index (χ1n) is 5.02. The molecule has 0 N–H and O–H groups in total. The van der Waals surface area contributed by atoms with Gasteiger partial charge in [-0.3, -0.25) is 0 Å². The quantitative estimate of drug-likeness (QED) is 0.483. The third-order valence-electron chi connectivity index (χ3n) is 3.06. The molecule has 0 fully saturated rings. The van der Waals surface area contributed by atoms with Gasteiger partial charge in [-0.15, -0.1) is 24.3 Å². The van der Waals surface area contributed by atoms with Crippen LogP contribution in [-0.2, 0) is 20.1 Å². The van der Waals surface area contributed by atoms with E-state index in [1.807, 2.05) is 18.3 Å². The molecule has 16 heavy (non-hydrogen) atoms. The summed E-state index contributed by atoms with van der Waals surface area (Å²) in [6, 6.07) is 13.8. The van der Waals surface area contributed by atoms with Crippen molar-refractivity contribution in [2.75, 3.05) is 13.3 Å². The van der Waals surface area contributed by atoms with Crippen LogP contribution >= 0.6 is 7.26 Å². The van der Waals surface area contributed by atoms with Crippen LogP contribution in [-0.4, -0.2) is 18.3 Å². The Morgan fingerprint density at radius 1 is 1.12 bits per heavy atom. The Bertz CT molecular complexity index is 489. The average molecular weight is 405 g/mol. The summed E-state index contributed by atoms with van der Waals surface area (Å²) in [6.45, 7) is 4.71. The predicted octanol–water partition coefficient (Wildman–Crippen LogP) is 2.09. The van der Waals surface area contributed by atoms with E-state index in [-0.39, 0.29) is 20.1 Å². The minimum Gasteiger partial charge on any atom is -0.301 e. The molecule has 0 atom stereocenters. The van der Waals surface area contributed by atoms with E-state index >= 15 is 0 Å². The minimum atomic E-state index is -1.17. The molecule has 3 heteroatoms. The van der Waals surface area contributed by atoms with Crippen molar-refractivity contribution in [3.8, 4) is 11.3 Å². The molecule has 0 spiro atoms. The zero-order valence-electron chi connectivity index (χ0n) is 9.19. The van der Waals surface area contributed by atoms with Gasteiger partial charge in [-0.25, -0.2) is 0 Å². The van der Waals surface area contributed by atoms with Crippen molar-refractivity contribution < 1.29 is 20.1 Å². The van der Waals surface area contributed by atoms with Crippen LogP contribution in [0.25, 0.3) is 11.3 Å². The van der Waals surface area contributed by atoms with Gasteiger partial charge in [0.05, 0.1) is 5.30 Å². The number of aromatic nitrogens is 1. The maximum Gasteiger partial charge on any atom is 0.0762 e. The first-order valence-corrected chi connectivity index (χ1v) is 7.71. The largest absolute Gasteiger partial charge is 0.301 e. The molecule has 2 aromatic rings. The van der Waals surface area contributed by atoms with Gasteiger partial charge in [-0.2, -0.15) is 0 Å². The van der Waals surface area contributed by atoms with E-state index < -0.39 is 7.26 Å². The predicted molar refractivity (Wildman–Crippen MR) is 66.5 cm³/mol. The van der Waals surface area contributed by atoms with E-state index in [1.54, 1.807) is 0 Å². The third-order valence-corrected chi connectivity index (χ3v) is 6.20. The molecule has 3 rings (SSSR count). The number of nitrogens with zero attached hydrogens (tertiary/aromatic N) is 1. The van der Waals surface area contributed by atoms with E-state index in [4.69, 9.17) is 0 Å². The van der Waals surface area contributed by atoms with Crippen LogP contribution < -0.4 is 10.6 Å². The molecule has 1 aromatic carbocycles. The van der Waals surface area contributed by atoms with Crippen LogP contribution in [0.15, 0.2) is 36.5 Å². The van der Waals surface area contributed by atoms with Gasteiger partial charge in [0.2, 0.25) is 0 Å². The normalized spacial score (nSPS) is 14.9. The van der Waals surface area contributed by atoms with Gasteiger partial charge in [0, 0.05) is 57.9 Å². The summed E-state index contributed by atoms with van der Waals surface area (Å²) >= 11 is 0. The Balaban J connectivity index is 0.000000963. The summed E-state index contributed by atoms with van der Waals surface area (Å²) in [6.07, 6.45) is 1.87. The number of fused-ring (bicyclic) bond motifs is 3. The van der Waals surface area contributed by atoms with Crippen LogP contribution in [0, 0.1) is 6.07 Å². The third kappa shape index (κ3) is 1.49. The molecular weight excluding hydrogens is 393 g/mol. The summed E-state index contributed by atoms with van der Waals surface area (Å²) in [4.78, 5) is 4.49. The van der Waals surface area contributed by atoms with E-state index in [9.17, 15) is 0 Å². The maximum atomic E-state index is 4.49. The van der Waals surface area contributed by atoms with Gasteiger partial charge in [0.25, 0.3) is 0 Å². The smallest absolute Gasteiger partial charge is 0.0762 e. The summed E-state index contributed by atoms with van der Waals surface area (Å²) in [5, 5.41) is 2.86. The first-order chi connectivity index (χ1) is 7.21. The van der Waals surface area contributed by atoms with Crippen LogP contribution in [0.4, 0.5) is 0 Å². The van der Waals surface area contributed by atoms with Gasteiger partial charge in [0.15, 0.2) is 0 Å². The van der Waals surface area contributed by atoms with Crippen molar-refractivity contribution in [3.63, 3.8) is 0 Å². The number of hydrogen-bond donors (Lipinski definition) is 0. The minimum absolute atomic E-state index is 0. The fourth-order valence-corrected chi connectivity index (χ4v) is 4.86. The molecule has 0 saturated carbocycles. The van der Waals surface area contributed by atoms with Crippen LogP contribution in [0.3, 0.4) is 0 Å². The molecule has 1 aliphatic heterocycles. The number of pyridine rings is 1. The van der Waals surface area contributed by atoms with E-state index in [0.717, 1.165) is 5.69 Å². The fourth-order valence-electron chi connectivity index (χ4n) is 2.25. The molecule has 2 heterocycles. The van der Waals surface area contributed by atoms with E-state index in [0.29, 0.717) is 0 Å². The average Bonchev–Trinajstić information content (AvgIpc) is 2.51. The molecule has 0 unspecified atom stereocenters. The van der Waals surface area contributed by atoms with Crippen molar-refractivity contribution >= 4 is 17.9 Å². The molecule has 0 saturated heterocycles. The van der Waals surface area contributed by atoms with Gasteiger partial charge >= 0.3 is 0 Å². The van der Waals surface area contributed by atoms with Crippen LogP contribution in [0.5, 0.6) is 0 Å². The molecule has 0 amide bonds. The van der Waals surface area contributed by atoms with Crippen molar-refractivity contribution in [1.29, 1.82) is 0 Å². The van der Waals surface area contributed by atoms with E-state index in [2.05, 4.69) is 42.6 Å². The van der Waals surface area contributed by atoms with Gasteiger partial charge in [-0.1, -0.05) is 5.56 Å². The number of rotatable bonds is 0. The second-order valence-corrected chi connectivity index (χ2v) is 8.13. The summed E-state index contributed by atoms with van der Waals surface area (Å²) in [7, 11) is -1.17. The molecule has 1 aromatic heterocycles. The van der Waals surface area contributed by atoms with Crippen molar-refractivity contribution in [1.82, 2.24) is 4.98 Å². The summed E-state index contributed by atoms with van der Waals surface area (Å²) in [5.41, 5.74) is 2.36. The van der Waals surface area contributed by atoms with Crippen molar-refractivity contribution in [2.45, 2.75) is 0 Å². The molecule has 0 bridgehead atoms. The van der Waals surface area contributed by atoms with Gasteiger partial charge in [0.1, 0.15) is 0 Å². The van der Waals surface area contributed by atoms with Gasteiger partial charge < -0.3 is 4.98 Å². The Morgan fingerprint density at radius 2 is 1.88 bits per heavy atom. The SMILES string of the molecule is C[P+]1(C)c2ccc[c-]c2-c2ncccc21.[Ir]. The van der Waals surface area contributed by atoms with Crippen molar-refractivity contribution in [2.24, 2.45) is 0 Å². The number of benzene rings is 1. The Morgan fingerprint density at radius 3 is 2.69 bits per heavy atom. The standard InChI is InChI=1S/C13H12NP.Ir/c1-15(2)11-7-4-3-6-10(11)13-12(15)8-5-9-14-13;/h3-5,7-9H,1-2H3;. The van der Waals surface area contributed by atoms with E-state index in [1.165, 1.54) is 16.2 Å². The monoisotopic (exact) mass is 406 g/mol. The Kier molecular flexibility index (Phi) is 3.01. The van der Waals surface area contributed by atoms with Crippen LogP contribution in [0.2, 0.25) is 0 Å². The zero-order chi connectivity index (χ0) is 10.5. The molecule has 1 nitrogen and oxygen atoms in total. The van der Waals surface area contributed by atoms with Crippen LogP contribution in [0.1, 0.15) is 0 Å². The maximum absolute atomic E-state index is 4.49. The van der Waals surface area contributed by atoms with Gasteiger partial charge in [-0.05, 0) is 12.1 Å². The molecule has 1 radical (unpaired) electrons. The second-order valence-electron chi connectivity index (χ2n) is 4.25. The zero-order valence-corrected chi connectivity index (χ0v) is 12.5. The molecule has 0 aliphatic carbocycles. The Hall–Kier alpha value is -0.551. The Labute approximate surface area is 110 Å². The summed E-state index contributed by atoms with van der Waals surface area (Å²) < 4.78 is 0. The summed E-state index contributed by atoms with van der Waals surface area (Å²) in [5.74, 6) is 0. The molecule has 1 aliphatic rings. The molecular formula is C13H12IrNP. The fraction of sp³-hybridized carbons (Fsp3) is 0.154. The first kappa shape index (κ1) is 11.9. The number of hydrogen-bond acceptors (Lipinski definition) is 1.